The van der Waals surface area contributed by atoms with Gasteiger partial charge in [-0.15, -0.1) is 0 Å². The van der Waals surface area contributed by atoms with Crippen LogP contribution in [0.2, 0.25) is 0 Å². The molecule has 0 amide bonds. The molecule has 1 fully saturated rings. The molecule has 162 valence electrons. The van der Waals surface area contributed by atoms with Crippen molar-refractivity contribution < 1.29 is 18.9 Å². The molecule has 0 aromatic heterocycles. The minimum atomic E-state index is -3.41. The minimum absolute atomic E-state index is 0.198. The van der Waals surface area contributed by atoms with Gasteiger partial charge < -0.3 is 9.30 Å². The van der Waals surface area contributed by atoms with Crippen LogP contribution < -0.4 is 0 Å². The van der Waals surface area contributed by atoms with Crippen molar-refractivity contribution in [1.29, 1.82) is 0 Å². The van der Waals surface area contributed by atoms with Crippen LogP contribution in [0.25, 0.3) is 0 Å². The monoisotopic (exact) mass is 420 g/mol. The van der Waals surface area contributed by atoms with Crippen LogP contribution in [-0.4, -0.2) is 29.9 Å². The predicted octanol–water partition coefficient (Wildman–Crippen LogP) is 6.57. The zero-order chi connectivity index (χ0) is 21.4. The summed E-state index contributed by atoms with van der Waals surface area (Å²) in [4.78, 5) is 26.1. The van der Waals surface area contributed by atoms with Gasteiger partial charge in [0.1, 0.15) is 6.16 Å². The standard InChI is InChI=1S/C24H37O4P/c1-5-6-7-11-14-28-22(25)17-29(27,21-12-9-8-10-13-21)24(26)23-19(3)15-18(2)16-20(23)4/h15-16,21H,5-14,17H2,1-4H3. The molecule has 1 aromatic rings. The molecule has 0 aliphatic heterocycles. The Hall–Kier alpha value is -1.41. The Kier molecular flexibility index (Phi) is 9.14. The molecule has 4 nitrogen and oxygen atoms in total. The number of benzene rings is 1. The van der Waals surface area contributed by atoms with Gasteiger partial charge in [-0.25, -0.2) is 0 Å². The third-order valence-electron chi connectivity index (χ3n) is 6.02. The second-order valence-corrected chi connectivity index (χ2v) is 11.6. The fourth-order valence-electron chi connectivity index (χ4n) is 4.52. The number of esters is 1. The molecule has 1 aromatic carbocycles. The summed E-state index contributed by atoms with van der Waals surface area (Å²) in [5.41, 5.74) is 2.79. The van der Waals surface area contributed by atoms with Crippen LogP contribution in [0.4, 0.5) is 0 Å². The maximum absolute atomic E-state index is 14.2. The molecular weight excluding hydrogens is 383 g/mol. The smallest absolute Gasteiger partial charge is 0.313 e. The first-order valence-electron chi connectivity index (χ1n) is 11.2. The molecule has 1 aliphatic carbocycles. The molecule has 1 saturated carbocycles. The van der Waals surface area contributed by atoms with E-state index in [1.165, 1.54) is 0 Å². The highest BCUT2D eigenvalue weighted by atomic mass is 31.2. The SMILES string of the molecule is CCCCCCOC(=O)CP(=O)(C(=O)c1c(C)cc(C)cc1C)C1CCCCC1. The number of unbranched alkanes of at least 4 members (excludes halogenated alkanes) is 3. The molecule has 0 heterocycles. The molecule has 0 saturated heterocycles. The van der Waals surface area contributed by atoms with E-state index >= 15 is 0 Å². The average molecular weight is 421 g/mol. The van der Waals surface area contributed by atoms with Crippen LogP contribution in [0.15, 0.2) is 12.1 Å². The Bertz CT molecular complexity index is 739. The third-order valence-corrected chi connectivity index (χ3v) is 9.36. The first-order valence-corrected chi connectivity index (χ1v) is 13.1. The average Bonchev–Trinajstić information content (AvgIpc) is 2.67. The van der Waals surface area contributed by atoms with Crippen LogP contribution in [0.3, 0.4) is 0 Å². The van der Waals surface area contributed by atoms with Gasteiger partial charge in [-0.3, -0.25) is 9.59 Å². The number of hydrogen-bond donors (Lipinski definition) is 0. The highest BCUT2D eigenvalue weighted by Gasteiger charge is 2.44. The van der Waals surface area contributed by atoms with Crippen molar-refractivity contribution in [3.8, 4) is 0 Å². The maximum atomic E-state index is 14.2. The minimum Gasteiger partial charge on any atom is -0.465 e. The number of carbonyl (C=O) groups is 2. The Balaban J connectivity index is 2.23. The first kappa shape index (κ1) is 23.9. The molecule has 29 heavy (non-hydrogen) atoms. The summed E-state index contributed by atoms with van der Waals surface area (Å²) in [5.74, 6) is -0.480. The van der Waals surface area contributed by atoms with Gasteiger partial charge in [-0.2, -0.15) is 0 Å². The van der Waals surface area contributed by atoms with Crippen LogP contribution in [0, 0.1) is 20.8 Å². The van der Waals surface area contributed by atoms with Gasteiger partial charge in [0.15, 0.2) is 7.14 Å². The zero-order valence-corrected chi connectivity index (χ0v) is 19.5. The normalized spacial score (nSPS) is 17.0. The molecular formula is C24H37O4P. The second kappa shape index (κ2) is 11.1. The lowest BCUT2D eigenvalue weighted by atomic mass is 10.0. The van der Waals surface area contributed by atoms with Gasteiger partial charge in [0, 0.05) is 11.2 Å². The van der Waals surface area contributed by atoms with Crippen molar-refractivity contribution in [2.24, 2.45) is 0 Å². The number of aryl methyl sites for hydroxylation is 3. The molecule has 1 atom stereocenters. The van der Waals surface area contributed by atoms with Crippen molar-refractivity contribution in [3.63, 3.8) is 0 Å². The molecule has 2 rings (SSSR count). The Morgan fingerprint density at radius 1 is 1.00 bits per heavy atom. The predicted molar refractivity (Wildman–Crippen MR) is 119 cm³/mol. The number of rotatable bonds is 10. The first-order chi connectivity index (χ1) is 13.8. The van der Waals surface area contributed by atoms with Gasteiger partial charge >= 0.3 is 5.97 Å². The number of ether oxygens (including phenoxy) is 1. The lowest BCUT2D eigenvalue weighted by Gasteiger charge is -2.30. The summed E-state index contributed by atoms with van der Waals surface area (Å²) < 4.78 is 19.5. The molecule has 1 unspecified atom stereocenters. The summed E-state index contributed by atoms with van der Waals surface area (Å²) in [6, 6.07) is 3.91. The molecule has 0 spiro atoms. The van der Waals surface area contributed by atoms with E-state index in [2.05, 4.69) is 6.92 Å². The fourth-order valence-corrected chi connectivity index (χ4v) is 7.66. The quantitative estimate of drug-likeness (QED) is 0.244. The van der Waals surface area contributed by atoms with Crippen molar-refractivity contribution >= 4 is 18.6 Å². The fraction of sp³-hybridized carbons (Fsp3) is 0.667. The van der Waals surface area contributed by atoms with Gasteiger partial charge in [-0.05, 0) is 51.2 Å². The number of carbonyl (C=O) groups excluding carboxylic acids is 2. The zero-order valence-electron chi connectivity index (χ0n) is 18.6. The van der Waals surface area contributed by atoms with Gasteiger partial charge in [0.25, 0.3) is 0 Å². The molecule has 0 radical (unpaired) electrons. The summed E-state index contributed by atoms with van der Waals surface area (Å²) in [7, 11) is -3.41. The van der Waals surface area contributed by atoms with Crippen molar-refractivity contribution in [1.82, 2.24) is 0 Å². The molecule has 1 aliphatic rings. The molecule has 0 bridgehead atoms. The van der Waals surface area contributed by atoms with E-state index in [1.807, 2.05) is 32.9 Å². The van der Waals surface area contributed by atoms with Crippen molar-refractivity contribution in [2.45, 2.75) is 91.1 Å². The Morgan fingerprint density at radius 2 is 1.62 bits per heavy atom. The van der Waals surface area contributed by atoms with Crippen molar-refractivity contribution in [2.75, 3.05) is 12.8 Å². The highest BCUT2D eigenvalue weighted by molar-refractivity contribution is 7.82. The number of hydrogen-bond acceptors (Lipinski definition) is 4. The Labute approximate surface area is 176 Å². The van der Waals surface area contributed by atoms with E-state index in [4.69, 9.17) is 4.74 Å². The summed E-state index contributed by atoms with van der Waals surface area (Å²) >= 11 is 0. The van der Waals surface area contributed by atoms with Crippen LogP contribution in [-0.2, 0) is 14.1 Å². The summed E-state index contributed by atoms with van der Waals surface area (Å²) in [6.07, 6.45) is 8.39. The largest absolute Gasteiger partial charge is 0.465 e. The highest BCUT2D eigenvalue weighted by Crippen LogP contribution is 2.58. The summed E-state index contributed by atoms with van der Waals surface area (Å²) in [5, 5.41) is 0. The van der Waals surface area contributed by atoms with E-state index in [-0.39, 0.29) is 17.3 Å². The molecule has 0 N–H and O–H groups in total. The van der Waals surface area contributed by atoms with Crippen LogP contribution in [0.1, 0.15) is 91.8 Å². The van der Waals surface area contributed by atoms with Gasteiger partial charge in [-0.1, -0.05) is 63.1 Å². The molecule has 5 heteroatoms. The Morgan fingerprint density at radius 3 is 2.21 bits per heavy atom. The topological polar surface area (TPSA) is 60.4 Å². The van der Waals surface area contributed by atoms with E-state index in [0.717, 1.165) is 74.5 Å². The van der Waals surface area contributed by atoms with E-state index in [0.29, 0.717) is 12.2 Å². The van der Waals surface area contributed by atoms with Crippen LogP contribution in [0.5, 0.6) is 0 Å². The van der Waals surface area contributed by atoms with E-state index in [9.17, 15) is 14.2 Å². The van der Waals surface area contributed by atoms with E-state index in [1.54, 1.807) is 0 Å². The van der Waals surface area contributed by atoms with E-state index < -0.39 is 13.1 Å². The van der Waals surface area contributed by atoms with Gasteiger partial charge in [0.05, 0.1) is 6.61 Å². The maximum Gasteiger partial charge on any atom is 0.313 e. The van der Waals surface area contributed by atoms with Crippen LogP contribution >= 0.6 is 7.14 Å². The van der Waals surface area contributed by atoms with Gasteiger partial charge in [0.2, 0.25) is 5.52 Å². The summed E-state index contributed by atoms with van der Waals surface area (Å²) in [6.45, 7) is 8.26. The lowest BCUT2D eigenvalue weighted by molar-refractivity contribution is -0.140. The van der Waals surface area contributed by atoms with Crippen molar-refractivity contribution in [3.05, 3.63) is 34.4 Å². The second-order valence-electron chi connectivity index (χ2n) is 8.61. The lowest BCUT2D eigenvalue weighted by Crippen LogP contribution is -2.25. The third kappa shape index (κ3) is 6.28.